The Labute approximate surface area is 171 Å². The highest BCUT2D eigenvalue weighted by atomic mass is 35.5. The second-order valence-corrected chi connectivity index (χ2v) is 7.27. The van der Waals surface area contributed by atoms with E-state index >= 15 is 0 Å². The van der Waals surface area contributed by atoms with Crippen LogP contribution in [-0.2, 0) is 0 Å². The van der Waals surface area contributed by atoms with E-state index in [1.165, 1.54) is 0 Å². The Kier molecular flexibility index (Phi) is 7.12. The van der Waals surface area contributed by atoms with Gasteiger partial charge in [-0.2, -0.15) is 0 Å². The average Bonchev–Trinajstić information content (AvgIpc) is 3.19. The zero-order valence-corrected chi connectivity index (χ0v) is 17.1. The Bertz CT molecular complexity index is 797. The Morgan fingerprint density at radius 1 is 1.29 bits per heavy atom. The number of nitrogens with zero attached hydrogens (tertiary/aromatic N) is 2. The molecule has 2 N–H and O–H groups in total. The number of rotatable bonds is 8. The molecular weight excluding hydrogens is 376 g/mol. The number of benzene rings is 1. The van der Waals surface area contributed by atoms with E-state index in [9.17, 15) is 4.79 Å². The molecule has 1 fully saturated rings. The van der Waals surface area contributed by atoms with Crippen LogP contribution in [0.4, 0.5) is 11.5 Å². The van der Waals surface area contributed by atoms with Crippen LogP contribution in [0.25, 0.3) is 0 Å². The lowest BCUT2D eigenvalue weighted by Gasteiger charge is -2.18. The third-order valence-electron chi connectivity index (χ3n) is 4.89. The minimum absolute atomic E-state index is 0.229. The number of ether oxygens (including phenoxy) is 1. The number of hydrogen-bond acceptors (Lipinski definition) is 5. The van der Waals surface area contributed by atoms with Crippen molar-refractivity contribution in [3.05, 3.63) is 47.1 Å². The zero-order valence-electron chi connectivity index (χ0n) is 16.4. The monoisotopic (exact) mass is 402 g/mol. The summed E-state index contributed by atoms with van der Waals surface area (Å²) < 4.78 is 5.62. The largest absolute Gasteiger partial charge is 0.494 e. The minimum Gasteiger partial charge on any atom is -0.494 e. The van der Waals surface area contributed by atoms with E-state index < -0.39 is 0 Å². The zero-order chi connectivity index (χ0) is 19.9. The summed E-state index contributed by atoms with van der Waals surface area (Å²) in [5, 5.41) is 6.40. The van der Waals surface area contributed by atoms with Crippen molar-refractivity contribution in [2.24, 2.45) is 0 Å². The number of unbranched alkanes of at least 4 members (excludes halogenated alkanes) is 1. The van der Waals surface area contributed by atoms with Gasteiger partial charge in [-0.25, -0.2) is 4.98 Å². The van der Waals surface area contributed by atoms with Gasteiger partial charge >= 0.3 is 0 Å². The third-order valence-corrected chi connectivity index (χ3v) is 5.17. The maximum atomic E-state index is 12.5. The molecule has 1 aromatic carbocycles. The third kappa shape index (κ3) is 5.14. The Morgan fingerprint density at radius 2 is 2.07 bits per heavy atom. The van der Waals surface area contributed by atoms with Gasteiger partial charge in [0.15, 0.2) is 5.15 Å². The number of carbonyl (C=O) groups is 1. The van der Waals surface area contributed by atoms with Crippen LogP contribution in [-0.4, -0.2) is 43.7 Å². The lowest BCUT2D eigenvalue weighted by atomic mass is 10.2. The van der Waals surface area contributed by atoms with Crippen LogP contribution in [0.15, 0.2) is 36.4 Å². The van der Waals surface area contributed by atoms with Crippen molar-refractivity contribution in [1.82, 2.24) is 10.3 Å². The van der Waals surface area contributed by atoms with E-state index in [1.54, 1.807) is 30.3 Å². The van der Waals surface area contributed by atoms with E-state index in [-0.39, 0.29) is 5.91 Å². The van der Waals surface area contributed by atoms with Gasteiger partial charge < -0.3 is 20.3 Å². The highest BCUT2D eigenvalue weighted by molar-refractivity contribution is 6.32. The van der Waals surface area contributed by atoms with Crippen molar-refractivity contribution >= 4 is 29.0 Å². The summed E-state index contributed by atoms with van der Waals surface area (Å²) >= 11 is 6.32. The highest BCUT2D eigenvalue weighted by Gasteiger charge is 2.22. The lowest BCUT2D eigenvalue weighted by Crippen LogP contribution is -2.29. The van der Waals surface area contributed by atoms with Gasteiger partial charge in [0.25, 0.3) is 5.91 Å². The number of aromatic nitrogens is 1. The molecule has 2 heterocycles. The van der Waals surface area contributed by atoms with Crippen LogP contribution in [0.2, 0.25) is 5.15 Å². The molecule has 28 heavy (non-hydrogen) atoms. The molecule has 0 bridgehead atoms. The van der Waals surface area contributed by atoms with E-state index in [1.807, 2.05) is 13.1 Å². The number of halogens is 1. The number of carbonyl (C=O) groups excluding carboxylic acids is 1. The standard InChI is InChI=1S/C21H27ClN4O2/c1-3-4-13-28-17-7-5-15(6-8-17)21(27)24-18-9-10-19(25-20(18)22)26-12-11-16(14-26)23-2/h5-10,16,23H,3-4,11-14H2,1-2H3,(H,24,27). The first-order chi connectivity index (χ1) is 13.6. The normalized spacial score (nSPS) is 16.2. The molecule has 1 unspecified atom stereocenters. The first-order valence-electron chi connectivity index (χ1n) is 9.73. The van der Waals surface area contributed by atoms with Crippen LogP contribution in [0.5, 0.6) is 5.75 Å². The summed E-state index contributed by atoms with van der Waals surface area (Å²) in [4.78, 5) is 19.1. The molecule has 1 amide bonds. The fraction of sp³-hybridized carbons (Fsp3) is 0.429. The van der Waals surface area contributed by atoms with Crippen molar-refractivity contribution < 1.29 is 9.53 Å². The average molecular weight is 403 g/mol. The quantitative estimate of drug-likeness (QED) is 0.516. The molecule has 7 heteroatoms. The summed E-state index contributed by atoms with van der Waals surface area (Å²) in [6.07, 6.45) is 3.17. The molecule has 0 radical (unpaired) electrons. The van der Waals surface area contributed by atoms with Crippen molar-refractivity contribution in [3.8, 4) is 5.75 Å². The van der Waals surface area contributed by atoms with Crippen molar-refractivity contribution in [2.45, 2.75) is 32.2 Å². The molecule has 0 spiro atoms. The van der Waals surface area contributed by atoms with E-state index in [4.69, 9.17) is 16.3 Å². The predicted molar refractivity (Wildman–Crippen MR) is 114 cm³/mol. The maximum Gasteiger partial charge on any atom is 0.255 e. The second-order valence-electron chi connectivity index (χ2n) is 6.91. The van der Waals surface area contributed by atoms with Crippen LogP contribution in [0.3, 0.4) is 0 Å². The fourth-order valence-electron chi connectivity index (χ4n) is 3.13. The number of pyridine rings is 1. The number of likely N-dealkylation sites (N-methyl/N-ethyl adjacent to an activating group) is 1. The van der Waals surface area contributed by atoms with Crippen LogP contribution >= 0.6 is 11.6 Å². The highest BCUT2D eigenvalue weighted by Crippen LogP contribution is 2.26. The van der Waals surface area contributed by atoms with Gasteiger partial charge in [0.1, 0.15) is 11.6 Å². The SMILES string of the molecule is CCCCOc1ccc(C(=O)Nc2ccc(N3CCC(NC)C3)nc2Cl)cc1. The summed E-state index contributed by atoms with van der Waals surface area (Å²) in [5.41, 5.74) is 1.04. The van der Waals surface area contributed by atoms with Crippen molar-refractivity contribution in [2.75, 3.05) is 37.0 Å². The summed E-state index contributed by atoms with van der Waals surface area (Å²) in [7, 11) is 1.97. The first-order valence-corrected chi connectivity index (χ1v) is 10.1. The van der Waals surface area contributed by atoms with Gasteiger partial charge in [0, 0.05) is 24.7 Å². The molecule has 1 aromatic heterocycles. The number of nitrogens with one attached hydrogen (secondary N) is 2. The molecule has 0 aliphatic carbocycles. The van der Waals surface area contributed by atoms with Gasteiger partial charge in [0.05, 0.1) is 12.3 Å². The number of amides is 1. The second kappa shape index (κ2) is 9.75. The van der Waals surface area contributed by atoms with E-state index in [2.05, 4.69) is 27.4 Å². The predicted octanol–water partition coefficient (Wildman–Crippen LogP) is 3.96. The number of hydrogen-bond donors (Lipinski definition) is 2. The van der Waals surface area contributed by atoms with Gasteiger partial charge in [-0.1, -0.05) is 24.9 Å². The summed E-state index contributed by atoms with van der Waals surface area (Å²) in [6.45, 7) is 4.64. The van der Waals surface area contributed by atoms with Gasteiger partial charge in [-0.15, -0.1) is 0 Å². The Morgan fingerprint density at radius 3 is 2.71 bits per heavy atom. The molecule has 0 saturated carbocycles. The summed E-state index contributed by atoms with van der Waals surface area (Å²) in [6, 6.07) is 11.3. The van der Waals surface area contributed by atoms with Crippen LogP contribution < -0.4 is 20.3 Å². The van der Waals surface area contributed by atoms with Crippen molar-refractivity contribution in [1.29, 1.82) is 0 Å². The minimum atomic E-state index is -0.229. The van der Waals surface area contributed by atoms with Gasteiger partial charge in [0.2, 0.25) is 0 Å². The smallest absolute Gasteiger partial charge is 0.255 e. The van der Waals surface area contributed by atoms with Gasteiger partial charge in [-0.05, 0) is 56.3 Å². The van der Waals surface area contributed by atoms with Crippen LogP contribution in [0, 0.1) is 0 Å². The first kappa shape index (κ1) is 20.4. The van der Waals surface area contributed by atoms with Crippen LogP contribution in [0.1, 0.15) is 36.5 Å². The molecule has 1 aliphatic heterocycles. The summed E-state index contributed by atoms with van der Waals surface area (Å²) in [5.74, 6) is 1.36. The van der Waals surface area contributed by atoms with Crippen molar-refractivity contribution in [3.63, 3.8) is 0 Å². The number of anilines is 2. The molecule has 1 atom stereocenters. The van der Waals surface area contributed by atoms with Gasteiger partial charge in [-0.3, -0.25) is 4.79 Å². The molecule has 2 aromatic rings. The molecule has 3 rings (SSSR count). The fourth-order valence-corrected chi connectivity index (χ4v) is 3.33. The molecule has 6 nitrogen and oxygen atoms in total. The van der Waals surface area contributed by atoms with E-state index in [0.717, 1.165) is 43.9 Å². The molecule has 1 aliphatic rings. The van der Waals surface area contributed by atoms with E-state index in [0.29, 0.717) is 29.1 Å². The molecule has 150 valence electrons. The Balaban J connectivity index is 1.61. The lowest BCUT2D eigenvalue weighted by molar-refractivity contribution is 0.102. The maximum absolute atomic E-state index is 12.5. The molecular formula is C21H27ClN4O2. The topological polar surface area (TPSA) is 66.5 Å². The Hall–Kier alpha value is -2.31. The molecule has 1 saturated heterocycles.